The highest BCUT2D eigenvalue weighted by atomic mass is 16.5. The molecule has 0 bridgehead atoms. The number of carbonyl (C=O) groups is 2. The standard InChI is InChI=1S/C15H25NO5/c1-11-4-2-3-5-13(11)21-10-14(17)16-6-7-20-9-12(16)8-15(18)19/h11-13H,2-10H2,1H3,(H,18,19). The predicted molar refractivity (Wildman–Crippen MR) is 75.9 cm³/mol. The molecule has 1 amide bonds. The molecule has 2 aliphatic rings. The fourth-order valence-corrected chi connectivity index (χ4v) is 3.14. The maximum atomic E-state index is 12.3. The first-order valence-electron chi connectivity index (χ1n) is 7.78. The molecule has 0 aromatic carbocycles. The van der Waals surface area contributed by atoms with Crippen molar-refractivity contribution in [2.24, 2.45) is 5.92 Å². The minimum Gasteiger partial charge on any atom is -0.481 e. The molecule has 1 saturated carbocycles. The van der Waals surface area contributed by atoms with Gasteiger partial charge in [-0.3, -0.25) is 9.59 Å². The Morgan fingerprint density at radius 1 is 1.33 bits per heavy atom. The van der Waals surface area contributed by atoms with E-state index in [0.29, 0.717) is 19.1 Å². The third-order valence-corrected chi connectivity index (χ3v) is 4.41. The van der Waals surface area contributed by atoms with Gasteiger partial charge >= 0.3 is 5.97 Å². The van der Waals surface area contributed by atoms with Gasteiger partial charge in [-0.05, 0) is 18.8 Å². The van der Waals surface area contributed by atoms with Crippen molar-refractivity contribution in [3.05, 3.63) is 0 Å². The largest absolute Gasteiger partial charge is 0.481 e. The van der Waals surface area contributed by atoms with E-state index in [1.807, 2.05) is 0 Å². The number of morpholine rings is 1. The van der Waals surface area contributed by atoms with Gasteiger partial charge < -0.3 is 19.5 Å². The van der Waals surface area contributed by atoms with Crippen molar-refractivity contribution >= 4 is 11.9 Å². The second-order valence-electron chi connectivity index (χ2n) is 6.02. The van der Waals surface area contributed by atoms with Crippen LogP contribution in [-0.4, -0.2) is 60.4 Å². The molecule has 0 aromatic rings. The molecule has 120 valence electrons. The molecule has 1 heterocycles. The van der Waals surface area contributed by atoms with Crippen molar-refractivity contribution in [3.8, 4) is 0 Å². The number of hydrogen-bond acceptors (Lipinski definition) is 4. The van der Waals surface area contributed by atoms with E-state index in [0.717, 1.165) is 19.3 Å². The Bertz CT molecular complexity index is 373. The van der Waals surface area contributed by atoms with Crippen molar-refractivity contribution in [1.82, 2.24) is 4.90 Å². The lowest BCUT2D eigenvalue weighted by Gasteiger charge is -2.35. The maximum Gasteiger partial charge on any atom is 0.305 e. The Morgan fingerprint density at radius 3 is 2.81 bits per heavy atom. The highest BCUT2D eigenvalue weighted by Gasteiger charge is 2.30. The fourth-order valence-electron chi connectivity index (χ4n) is 3.14. The number of hydrogen-bond donors (Lipinski definition) is 1. The van der Waals surface area contributed by atoms with Crippen LogP contribution in [0.3, 0.4) is 0 Å². The summed E-state index contributed by atoms with van der Waals surface area (Å²) >= 11 is 0. The summed E-state index contributed by atoms with van der Waals surface area (Å²) in [5.41, 5.74) is 0. The molecule has 3 unspecified atom stereocenters. The number of carboxylic acids is 1. The molecule has 6 nitrogen and oxygen atoms in total. The Kier molecular flexibility index (Phi) is 5.99. The predicted octanol–water partition coefficient (Wildman–Crippen LogP) is 1.28. The van der Waals surface area contributed by atoms with Crippen LogP contribution in [0.5, 0.6) is 0 Å². The van der Waals surface area contributed by atoms with Gasteiger partial charge in [0.15, 0.2) is 0 Å². The van der Waals surface area contributed by atoms with Gasteiger partial charge in [0.25, 0.3) is 0 Å². The van der Waals surface area contributed by atoms with Crippen LogP contribution in [0.2, 0.25) is 0 Å². The summed E-state index contributed by atoms with van der Waals surface area (Å²) < 4.78 is 11.1. The van der Waals surface area contributed by atoms with E-state index in [1.165, 1.54) is 6.42 Å². The monoisotopic (exact) mass is 299 g/mol. The van der Waals surface area contributed by atoms with Crippen LogP contribution in [0.25, 0.3) is 0 Å². The molecule has 0 radical (unpaired) electrons. The Balaban J connectivity index is 1.83. The van der Waals surface area contributed by atoms with Crippen molar-refractivity contribution in [1.29, 1.82) is 0 Å². The summed E-state index contributed by atoms with van der Waals surface area (Å²) in [5, 5.41) is 8.91. The van der Waals surface area contributed by atoms with E-state index in [4.69, 9.17) is 14.6 Å². The van der Waals surface area contributed by atoms with Gasteiger partial charge in [-0.25, -0.2) is 0 Å². The van der Waals surface area contributed by atoms with E-state index >= 15 is 0 Å². The summed E-state index contributed by atoms with van der Waals surface area (Å²) in [6.07, 6.45) is 4.63. The summed E-state index contributed by atoms with van der Waals surface area (Å²) in [5.74, 6) is -0.543. The molecule has 21 heavy (non-hydrogen) atoms. The lowest BCUT2D eigenvalue weighted by molar-refractivity contribution is -0.152. The van der Waals surface area contributed by atoms with Crippen LogP contribution in [0, 0.1) is 5.92 Å². The minimum absolute atomic E-state index is 0.0468. The topological polar surface area (TPSA) is 76.1 Å². The van der Waals surface area contributed by atoms with Crippen molar-refractivity contribution in [2.45, 2.75) is 51.2 Å². The number of carbonyl (C=O) groups excluding carboxylic acids is 1. The van der Waals surface area contributed by atoms with Crippen molar-refractivity contribution in [2.75, 3.05) is 26.4 Å². The van der Waals surface area contributed by atoms with E-state index in [9.17, 15) is 9.59 Å². The second kappa shape index (κ2) is 7.75. The van der Waals surface area contributed by atoms with Gasteiger partial charge in [-0.1, -0.05) is 19.8 Å². The van der Waals surface area contributed by atoms with Gasteiger partial charge in [0.2, 0.25) is 5.91 Å². The summed E-state index contributed by atoms with van der Waals surface area (Å²) in [4.78, 5) is 24.8. The molecule has 2 rings (SSSR count). The third kappa shape index (κ3) is 4.68. The molecule has 1 N–H and O–H groups in total. The average molecular weight is 299 g/mol. The first-order chi connectivity index (χ1) is 10.1. The molecule has 1 aliphatic carbocycles. The Hall–Kier alpha value is -1.14. The number of rotatable bonds is 5. The summed E-state index contributed by atoms with van der Waals surface area (Å²) in [6, 6.07) is -0.379. The van der Waals surface area contributed by atoms with Crippen LogP contribution < -0.4 is 0 Å². The van der Waals surface area contributed by atoms with Gasteiger partial charge in [0.05, 0.1) is 31.8 Å². The van der Waals surface area contributed by atoms with Crippen LogP contribution >= 0.6 is 0 Å². The molecule has 6 heteroatoms. The first kappa shape index (κ1) is 16.2. The minimum atomic E-state index is -0.912. The summed E-state index contributed by atoms with van der Waals surface area (Å²) in [6.45, 7) is 3.40. The lowest BCUT2D eigenvalue weighted by atomic mass is 9.88. The van der Waals surface area contributed by atoms with Crippen molar-refractivity contribution in [3.63, 3.8) is 0 Å². The fraction of sp³-hybridized carbons (Fsp3) is 0.867. The van der Waals surface area contributed by atoms with Gasteiger partial charge in [-0.15, -0.1) is 0 Å². The van der Waals surface area contributed by atoms with E-state index in [-0.39, 0.29) is 37.7 Å². The highest BCUT2D eigenvalue weighted by Crippen LogP contribution is 2.26. The zero-order chi connectivity index (χ0) is 15.2. The number of nitrogens with zero attached hydrogens (tertiary/aromatic N) is 1. The van der Waals surface area contributed by atoms with Crippen LogP contribution in [0.15, 0.2) is 0 Å². The normalized spacial score (nSPS) is 30.1. The molecule has 2 fully saturated rings. The molecule has 3 atom stereocenters. The highest BCUT2D eigenvalue weighted by molar-refractivity contribution is 5.79. The SMILES string of the molecule is CC1CCCCC1OCC(=O)N1CCOCC1CC(=O)O. The smallest absolute Gasteiger partial charge is 0.305 e. The zero-order valence-electron chi connectivity index (χ0n) is 12.6. The summed E-state index contributed by atoms with van der Waals surface area (Å²) in [7, 11) is 0. The van der Waals surface area contributed by atoms with Gasteiger partial charge in [-0.2, -0.15) is 0 Å². The number of amides is 1. The number of ether oxygens (including phenoxy) is 2. The molecule has 1 saturated heterocycles. The van der Waals surface area contributed by atoms with E-state index < -0.39 is 5.97 Å². The van der Waals surface area contributed by atoms with E-state index in [1.54, 1.807) is 4.90 Å². The zero-order valence-corrected chi connectivity index (χ0v) is 12.6. The van der Waals surface area contributed by atoms with Gasteiger partial charge in [0.1, 0.15) is 6.61 Å². The molecule has 0 spiro atoms. The third-order valence-electron chi connectivity index (χ3n) is 4.41. The maximum absolute atomic E-state index is 12.3. The molecular formula is C15H25NO5. The molecule has 0 aromatic heterocycles. The van der Waals surface area contributed by atoms with Crippen LogP contribution in [-0.2, 0) is 19.1 Å². The lowest BCUT2D eigenvalue weighted by Crippen LogP contribution is -2.51. The van der Waals surface area contributed by atoms with Crippen molar-refractivity contribution < 1.29 is 24.2 Å². The number of carboxylic acid groups (broad SMARTS) is 1. The first-order valence-corrected chi connectivity index (χ1v) is 7.78. The molecule has 1 aliphatic heterocycles. The van der Waals surface area contributed by atoms with Crippen LogP contribution in [0.4, 0.5) is 0 Å². The van der Waals surface area contributed by atoms with Gasteiger partial charge in [0, 0.05) is 6.54 Å². The number of aliphatic carboxylic acids is 1. The Morgan fingerprint density at radius 2 is 2.10 bits per heavy atom. The molecular weight excluding hydrogens is 274 g/mol. The Labute approximate surface area is 125 Å². The van der Waals surface area contributed by atoms with Crippen LogP contribution in [0.1, 0.15) is 39.0 Å². The second-order valence-corrected chi connectivity index (χ2v) is 6.02. The average Bonchev–Trinajstić information content (AvgIpc) is 2.46. The van der Waals surface area contributed by atoms with E-state index in [2.05, 4.69) is 6.92 Å². The quantitative estimate of drug-likeness (QED) is 0.827.